The molecule has 2 aromatic carbocycles. The summed E-state index contributed by atoms with van der Waals surface area (Å²) in [5.74, 6) is 1.03. The lowest BCUT2D eigenvalue weighted by Gasteiger charge is -2.12. The Morgan fingerprint density at radius 3 is 2.91 bits per heavy atom. The number of benzene rings is 2. The highest BCUT2D eigenvalue weighted by atomic mass is 35.5. The Kier molecular flexibility index (Phi) is 4.66. The molecule has 1 aromatic heterocycles. The first-order valence-corrected chi connectivity index (χ1v) is 7.37. The second-order valence-corrected chi connectivity index (χ2v) is 5.33. The number of ether oxygens (including phenoxy) is 1. The van der Waals surface area contributed by atoms with E-state index in [-0.39, 0.29) is 13.2 Å². The molecule has 3 N–H and O–H groups in total. The molecule has 0 fully saturated rings. The van der Waals surface area contributed by atoms with Gasteiger partial charge in [0.15, 0.2) is 23.2 Å². The van der Waals surface area contributed by atoms with Crippen molar-refractivity contribution in [3.63, 3.8) is 0 Å². The zero-order valence-corrected chi connectivity index (χ0v) is 12.8. The molecule has 0 saturated carbocycles. The van der Waals surface area contributed by atoms with E-state index >= 15 is 0 Å². The number of hydrogen-bond acceptors (Lipinski definition) is 6. The van der Waals surface area contributed by atoms with Crippen LogP contribution in [0, 0.1) is 0 Å². The first-order valence-electron chi connectivity index (χ1n) is 7.00. The number of aliphatic hydroxyl groups excluding tert-OH is 2. The molecule has 6 nitrogen and oxygen atoms in total. The summed E-state index contributed by atoms with van der Waals surface area (Å²) in [6.45, 7) is -0.0745. The molecule has 0 aliphatic heterocycles. The van der Waals surface area contributed by atoms with E-state index < -0.39 is 6.10 Å². The standard InChI is InChI=1S/C16H15ClN2O4/c17-12-6-10(18-7-11(21)8-20)4-5-13(12)23-15-3-1-2-14-16(15)19-9-22-14/h1-6,9,11,18,20-21H,7-8H2. The van der Waals surface area contributed by atoms with Crippen LogP contribution in [0.4, 0.5) is 5.69 Å². The third kappa shape index (κ3) is 3.56. The van der Waals surface area contributed by atoms with Crippen molar-refractivity contribution >= 4 is 28.4 Å². The van der Waals surface area contributed by atoms with Gasteiger partial charge in [-0.25, -0.2) is 4.98 Å². The van der Waals surface area contributed by atoms with E-state index in [0.717, 1.165) is 5.69 Å². The van der Waals surface area contributed by atoms with E-state index in [1.165, 1.54) is 6.39 Å². The number of para-hydroxylation sites is 1. The molecule has 0 saturated heterocycles. The molecule has 0 bridgehead atoms. The van der Waals surface area contributed by atoms with Crippen LogP contribution >= 0.6 is 11.6 Å². The van der Waals surface area contributed by atoms with Crippen molar-refractivity contribution in [2.75, 3.05) is 18.5 Å². The van der Waals surface area contributed by atoms with Gasteiger partial charge in [-0.2, -0.15) is 0 Å². The van der Waals surface area contributed by atoms with Gasteiger partial charge in [-0.3, -0.25) is 0 Å². The number of aromatic nitrogens is 1. The van der Waals surface area contributed by atoms with Gasteiger partial charge in [0.1, 0.15) is 5.75 Å². The van der Waals surface area contributed by atoms with Crippen molar-refractivity contribution in [1.82, 2.24) is 4.98 Å². The Balaban J connectivity index is 1.77. The van der Waals surface area contributed by atoms with Crippen LogP contribution in [-0.4, -0.2) is 34.5 Å². The number of oxazole rings is 1. The van der Waals surface area contributed by atoms with Gasteiger partial charge in [-0.05, 0) is 30.3 Å². The first kappa shape index (κ1) is 15.6. The molecule has 1 atom stereocenters. The van der Waals surface area contributed by atoms with Gasteiger partial charge in [0.2, 0.25) is 0 Å². The highest BCUT2D eigenvalue weighted by Crippen LogP contribution is 2.34. The SMILES string of the molecule is OCC(O)CNc1ccc(Oc2cccc3ocnc23)c(Cl)c1. The molecule has 0 spiro atoms. The van der Waals surface area contributed by atoms with Crippen LogP contribution in [0.25, 0.3) is 11.1 Å². The Bertz CT molecular complexity index is 806. The lowest BCUT2D eigenvalue weighted by Crippen LogP contribution is -2.22. The minimum atomic E-state index is -0.825. The zero-order chi connectivity index (χ0) is 16.2. The molecule has 3 aromatic rings. The molecule has 0 amide bonds. The lowest BCUT2D eigenvalue weighted by atomic mass is 10.2. The Labute approximate surface area is 137 Å². The maximum atomic E-state index is 9.33. The van der Waals surface area contributed by atoms with Gasteiger partial charge in [0, 0.05) is 12.2 Å². The fourth-order valence-corrected chi connectivity index (χ4v) is 2.27. The van der Waals surface area contributed by atoms with E-state index in [2.05, 4.69) is 10.3 Å². The molecule has 1 unspecified atom stereocenters. The normalized spacial score (nSPS) is 12.3. The largest absolute Gasteiger partial charge is 0.453 e. The number of rotatable bonds is 6. The number of hydrogen-bond donors (Lipinski definition) is 3. The van der Waals surface area contributed by atoms with Crippen LogP contribution in [0.15, 0.2) is 47.2 Å². The molecular formula is C16H15ClN2O4. The summed E-state index contributed by atoms with van der Waals surface area (Å²) < 4.78 is 11.0. The highest BCUT2D eigenvalue weighted by molar-refractivity contribution is 6.32. The summed E-state index contributed by atoms with van der Waals surface area (Å²) in [4.78, 5) is 4.12. The fraction of sp³-hybridized carbons (Fsp3) is 0.188. The molecular weight excluding hydrogens is 320 g/mol. The number of halogens is 1. The number of anilines is 1. The van der Waals surface area contributed by atoms with Crippen molar-refractivity contribution in [2.24, 2.45) is 0 Å². The Morgan fingerprint density at radius 2 is 2.13 bits per heavy atom. The van der Waals surface area contributed by atoms with Crippen molar-refractivity contribution in [3.05, 3.63) is 47.8 Å². The van der Waals surface area contributed by atoms with Crippen LogP contribution in [-0.2, 0) is 0 Å². The van der Waals surface area contributed by atoms with Crippen LogP contribution in [0.5, 0.6) is 11.5 Å². The molecule has 1 heterocycles. The molecule has 23 heavy (non-hydrogen) atoms. The second kappa shape index (κ2) is 6.87. The number of nitrogens with zero attached hydrogens (tertiary/aromatic N) is 1. The lowest BCUT2D eigenvalue weighted by molar-refractivity contribution is 0.105. The number of nitrogens with one attached hydrogen (secondary N) is 1. The fourth-order valence-electron chi connectivity index (χ4n) is 2.05. The minimum absolute atomic E-state index is 0.227. The second-order valence-electron chi connectivity index (χ2n) is 4.92. The maximum absolute atomic E-state index is 9.33. The van der Waals surface area contributed by atoms with Crippen LogP contribution < -0.4 is 10.1 Å². The smallest absolute Gasteiger partial charge is 0.182 e. The van der Waals surface area contributed by atoms with Crippen LogP contribution in [0.3, 0.4) is 0 Å². The van der Waals surface area contributed by atoms with Gasteiger partial charge >= 0.3 is 0 Å². The van der Waals surface area contributed by atoms with E-state index in [9.17, 15) is 5.11 Å². The average Bonchev–Trinajstić information content (AvgIpc) is 3.04. The molecule has 7 heteroatoms. The van der Waals surface area contributed by atoms with Crippen LogP contribution in [0.2, 0.25) is 5.02 Å². The van der Waals surface area contributed by atoms with Crippen molar-refractivity contribution in [2.45, 2.75) is 6.10 Å². The van der Waals surface area contributed by atoms with Gasteiger partial charge in [-0.15, -0.1) is 0 Å². The third-order valence-corrected chi connectivity index (χ3v) is 3.52. The Hall–Kier alpha value is -2.28. The van der Waals surface area contributed by atoms with Gasteiger partial charge in [0.05, 0.1) is 17.7 Å². The van der Waals surface area contributed by atoms with E-state index in [0.29, 0.717) is 27.6 Å². The van der Waals surface area contributed by atoms with Gasteiger partial charge in [-0.1, -0.05) is 17.7 Å². The molecule has 120 valence electrons. The van der Waals surface area contributed by atoms with Gasteiger partial charge in [0.25, 0.3) is 0 Å². The minimum Gasteiger partial charge on any atom is -0.453 e. The summed E-state index contributed by atoms with van der Waals surface area (Å²) in [6, 6.07) is 10.6. The molecule has 0 radical (unpaired) electrons. The summed E-state index contributed by atoms with van der Waals surface area (Å²) in [6.07, 6.45) is 0.535. The zero-order valence-electron chi connectivity index (χ0n) is 12.1. The van der Waals surface area contributed by atoms with Crippen molar-refractivity contribution in [3.8, 4) is 11.5 Å². The first-order chi connectivity index (χ1) is 11.2. The van der Waals surface area contributed by atoms with Crippen LogP contribution in [0.1, 0.15) is 0 Å². The summed E-state index contributed by atoms with van der Waals surface area (Å²) in [5, 5.41) is 21.5. The van der Waals surface area contributed by atoms with Crippen molar-refractivity contribution in [1.29, 1.82) is 0 Å². The molecule has 0 aliphatic carbocycles. The number of aliphatic hydroxyl groups is 2. The summed E-state index contributed by atoms with van der Waals surface area (Å²) in [5.41, 5.74) is 1.97. The summed E-state index contributed by atoms with van der Waals surface area (Å²) >= 11 is 6.23. The van der Waals surface area contributed by atoms with Gasteiger partial charge < -0.3 is 24.7 Å². The third-order valence-electron chi connectivity index (χ3n) is 3.23. The maximum Gasteiger partial charge on any atom is 0.182 e. The average molecular weight is 335 g/mol. The van der Waals surface area contributed by atoms with E-state index in [4.69, 9.17) is 25.9 Å². The predicted molar refractivity (Wildman–Crippen MR) is 87.1 cm³/mol. The summed E-state index contributed by atoms with van der Waals surface area (Å²) in [7, 11) is 0. The highest BCUT2D eigenvalue weighted by Gasteiger charge is 2.10. The van der Waals surface area contributed by atoms with E-state index in [1.807, 2.05) is 6.07 Å². The topological polar surface area (TPSA) is 87.8 Å². The quantitative estimate of drug-likeness (QED) is 0.642. The monoisotopic (exact) mass is 334 g/mol. The predicted octanol–water partition coefficient (Wildman–Crippen LogP) is 3.04. The number of fused-ring (bicyclic) bond motifs is 1. The van der Waals surface area contributed by atoms with Crippen molar-refractivity contribution < 1.29 is 19.4 Å². The van der Waals surface area contributed by atoms with E-state index in [1.54, 1.807) is 30.3 Å². The molecule has 3 rings (SSSR count). The molecule has 0 aliphatic rings. The Morgan fingerprint density at radius 1 is 1.26 bits per heavy atom.